The van der Waals surface area contributed by atoms with Crippen molar-refractivity contribution in [3.8, 4) is 5.75 Å². The molecule has 1 aromatic rings. The predicted molar refractivity (Wildman–Crippen MR) is 120 cm³/mol. The summed E-state index contributed by atoms with van der Waals surface area (Å²) in [6.45, 7) is 14.1. The molecule has 0 bridgehead atoms. The lowest BCUT2D eigenvalue weighted by Gasteiger charge is -2.33. The van der Waals surface area contributed by atoms with Gasteiger partial charge in [-0.15, -0.1) is 0 Å². The molecule has 1 aromatic carbocycles. The number of hydrogen-bond donors (Lipinski definition) is 3. The Kier molecular flexibility index (Phi) is 8.90. The molecular weight excluding hydrogens is 398 g/mol. The zero-order valence-corrected chi connectivity index (χ0v) is 20.1. The molecule has 2 atom stereocenters. The molecule has 0 aliphatic rings. The van der Waals surface area contributed by atoms with Crippen LogP contribution in [0.5, 0.6) is 5.75 Å². The summed E-state index contributed by atoms with van der Waals surface area (Å²) < 4.78 is 5.29. The average molecular weight is 436 g/mol. The highest BCUT2D eigenvalue weighted by Gasteiger charge is 2.36. The van der Waals surface area contributed by atoms with E-state index in [0.29, 0.717) is 11.1 Å². The Morgan fingerprint density at radius 2 is 1.65 bits per heavy atom. The molecule has 3 N–H and O–H groups in total. The Labute approximate surface area is 185 Å². The molecule has 3 amide bonds. The molecule has 174 valence electrons. The standard InChI is InChI=1S/C23H37N3O5/c1-13(2)17(25-22(30)31-23(6,7)8)21(29)26(9)18(20(28)24-14(3)4)16-12-10-11-15(5)19(16)27/h10-14,17-18,27H,1-9H3,(H,24,28)(H,25,30). The third kappa shape index (κ3) is 7.45. The fraction of sp³-hybridized carbons (Fsp3) is 0.609. The lowest BCUT2D eigenvalue weighted by molar-refractivity contribution is -0.141. The molecule has 0 saturated carbocycles. The van der Waals surface area contributed by atoms with Crippen LogP contribution < -0.4 is 10.6 Å². The molecule has 1 rings (SSSR count). The molecule has 2 unspecified atom stereocenters. The van der Waals surface area contributed by atoms with Crippen LogP contribution in [-0.4, -0.2) is 52.6 Å². The number of ether oxygens (including phenoxy) is 1. The summed E-state index contributed by atoms with van der Waals surface area (Å²) in [7, 11) is 1.49. The number of rotatable bonds is 7. The molecule has 0 fully saturated rings. The number of alkyl carbamates (subject to hydrolysis) is 1. The fourth-order valence-electron chi connectivity index (χ4n) is 3.09. The molecule has 0 aromatic heterocycles. The Bertz CT molecular complexity index is 799. The van der Waals surface area contributed by atoms with Crippen molar-refractivity contribution in [1.29, 1.82) is 0 Å². The number of para-hydroxylation sites is 1. The minimum atomic E-state index is -1.07. The van der Waals surface area contributed by atoms with Crippen LogP contribution in [0.2, 0.25) is 0 Å². The lowest BCUT2D eigenvalue weighted by atomic mass is 9.97. The first-order valence-corrected chi connectivity index (χ1v) is 10.5. The van der Waals surface area contributed by atoms with Gasteiger partial charge in [-0.3, -0.25) is 9.59 Å². The summed E-state index contributed by atoms with van der Waals surface area (Å²) in [6.07, 6.45) is -0.713. The second-order valence-corrected chi connectivity index (χ2v) is 9.40. The number of likely N-dealkylation sites (N-methyl/N-ethyl adjacent to an activating group) is 1. The largest absolute Gasteiger partial charge is 0.507 e. The highest BCUT2D eigenvalue weighted by atomic mass is 16.6. The van der Waals surface area contributed by atoms with Gasteiger partial charge in [-0.05, 0) is 53.0 Å². The molecular formula is C23H37N3O5. The first-order valence-electron chi connectivity index (χ1n) is 10.5. The summed E-state index contributed by atoms with van der Waals surface area (Å²) in [4.78, 5) is 40.0. The first kappa shape index (κ1) is 26.3. The fourth-order valence-corrected chi connectivity index (χ4v) is 3.09. The molecule has 0 aliphatic heterocycles. The quantitative estimate of drug-likeness (QED) is 0.609. The Morgan fingerprint density at radius 3 is 2.13 bits per heavy atom. The second kappa shape index (κ2) is 10.5. The van der Waals surface area contributed by atoms with Gasteiger partial charge in [-0.1, -0.05) is 32.0 Å². The van der Waals surface area contributed by atoms with Crippen LogP contribution in [0.3, 0.4) is 0 Å². The monoisotopic (exact) mass is 435 g/mol. The molecule has 8 nitrogen and oxygen atoms in total. The van der Waals surface area contributed by atoms with Gasteiger partial charge >= 0.3 is 6.09 Å². The Hall–Kier alpha value is -2.77. The first-order chi connectivity index (χ1) is 14.2. The van der Waals surface area contributed by atoms with Crippen molar-refractivity contribution in [2.45, 2.75) is 79.1 Å². The van der Waals surface area contributed by atoms with E-state index in [1.54, 1.807) is 59.7 Å². The van der Waals surface area contributed by atoms with Crippen LogP contribution in [0.4, 0.5) is 4.79 Å². The zero-order valence-electron chi connectivity index (χ0n) is 20.1. The number of phenolic OH excluding ortho intramolecular Hbond substituents is 1. The van der Waals surface area contributed by atoms with Crippen molar-refractivity contribution in [2.75, 3.05) is 7.05 Å². The molecule has 31 heavy (non-hydrogen) atoms. The number of amides is 3. The van der Waals surface area contributed by atoms with Crippen molar-refractivity contribution >= 4 is 17.9 Å². The van der Waals surface area contributed by atoms with Crippen molar-refractivity contribution in [3.63, 3.8) is 0 Å². The van der Waals surface area contributed by atoms with Gasteiger partial charge in [0.2, 0.25) is 11.8 Å². The van der Waals surface area contributed by atoms with Gasteiger partial charge in [0, 0.05) is 18.7 Å². The van der Waals surface area contributed by atoms with Crippen LogP contribution in [0.1, 0.15) is 65.6 Å². The van der Waals surface area contributed by atoms with Crippen molar-refractivity contribution in [2.24, 2.45) is 5.92 Å². The molecule has 0 heterocycles. The van der Waals surface area contributed by atoms with Gasteiger partial charge < -0.3 is 25.4 Å². The summed E-state index contributed by atoms with van der Waals surface area (Å²) >= 11 is 0. The van der Waals surface area contributed by atoms with Crippen molar-refractivity contribution in [3.05, 3.63) is 29.3 Å². The van der Waals surface area contributed by atoms with E-state index >= 15 is 0 Å². The number of benzene rings is 1. The number of nitrogens with zero attached hydrogens (tertiary/aromatic N) is 1. The van der Waals surface area contributed by atoms with E-state index in [9.17, 15) is 19.5 Å². The minimum Gasteiger partial charge on any atom is -0.507 e. The number of phenols is 1. The maximum atomic E-state index is 13.4. The summed E-state index contributed by atoms with van der Waals surface area (Å²) in [6, 6.07) is 2.91. The van der Waals surface area contributed by atoms with Crippen LogP contribution in [-0.2, 0) is 14.3 Å². The van der Waals surface area contributed by atoms with Gasteiger partial charge in [-0.25, -0.2) is 4.79 Å². The number of aryl methyl sites for hydroxylation is 1. The van der Waals surface area contributed by atoms with Gasteiger partial charge in [-0.2, -0.15) is 0 Å². The molecule has 0 spiro atoms. The van der Waals surface area contributed by atoms with E-state index < -0.39 is 35.6 Å². The van der Waals surface area contributed by atoms with Gasteiger partial charge in [0.1, 0.15) is 23.4 Å². The molecule has 0 saturated heterocycles. The Balaban J connectivity index is 3.30. The SMILES string of the molecule is Cc1cccc(C(C(=O)NC(C)C)N(C)C(=O)C(NC(=O)OC(C)(C)C)C(C)C)c1O. The van der Waals surface area contributed by atoms with Gasteiger partial charge in [0.25, 0.3) is 0 Å². The maximum Gasteiger partial charge on any atom is 0.408 e. The van der Waals surface area contributed by atoms with E-state index in [-0.39, 0.29) is 17.7 Å². The normalized spacial score (nSPS) is 13.5. The van der Waals surface area contributed by atoms with Crippen molar-refractivity contribution in [1.82, 2.24) is 15.5 Å². The highest BCUT2D eigenvalue weighted by molar-refractivity contribution is 5.92. The van der Waals surface area contributed by atoms with Crippen molar-refractivity contribution < 1.29 is 24.2 Å². The summed E-state index contributed by atoms with van der Waals surface area (Å²) in [5.41, 5.74) is 0.190. The Morgan fingerprint density at radius 1 is 1.06 bits per heavy atom. The number of carbonyl (C=O) groups excluding carboxylic acids is 3. The van der Waals surface area contributed by atoms with E-state index in [1.165, 1.54) is 11.9 Å². The number of nitrogens with one attached hydrogen (secondary N) is 2. The van der Waals surface area contributed by atoms with E-state index in [4.69, 9.17) is 4.74 Å². The zero-order chi connectivity index (χ0) is 24.1. The molecule has 0 aliphatic carbocycles. The van der Waals surface area contributed by atoms with E-state index in [0.717, 1.165) is 0 Å². The maximum absolute atomic E-state index is 13.4. The van der Waals surface area contributed by atoms with Gasteiger partial charge in [0.05, 0.1) is 0 Å². The lowest BCUT2D eigenvalue weighted by Crippen LogP contribution is -2.54. The van der Waals surface area contributed by atoms with E-state index in [1.807, 2.05) is 13.8 Å². The molecule has 8 heteroatoms. The van der Waals surface area contributed by atoms with E-state index in [2.05, 4.69) is 10.6 Å². The second-order valence-electron chi connectivity index (χ2n) is 9.40. The number of carbonyl (C=O) groups is 3. The predicted octanol–water partition coefficient (Wildman–Crippen LogP) is 3.27. The number of aromatic hydroxyl groups is 1. The molecule has 0 radical (unpaired) electrons. The third-order valence-electron chi connectivity index (χ3n) is 4.58. The number of hydrogen-bond acceptors (Lipinski definition) is 5. The summed E-state index contributed by atoms with van der Waals surface area (Å²) in [5, 5.41) is 16.0. The summed E-state index contributed by atoms with van der Waals surface area (Å²) in [5.74, 6) is -1.20. The third-order valence-corrected chi connectivity index (χ3v) is 4.58. The minimum absolute atomic E-state index is 0.0488. The smallest absolute Gasteiger partial charge is 0.408 e. The highest BCUT2D eigenvalue weighted by Crippen LogP contribution is 2.31. The average Bonchev–Trinajstić information content (AvgIpc) is 2.60. The van der Waals surface area contributed by atoms with Crippen LogP contribution in [0.25, 0.3) is 0 Å². The topological polar surface area (TPSA) is 108 Å². The van der Waals surface area contributed by atoms with Gasteiger partial charge in [0.15, 0.2) is 0 Å². The van der Waals surface area contributed by atoms with Crippen LogP contribution in [0.15, 0.2) is 18.2 Å². The van der Waals surface area contributed by atoms with Crippen LogP contribution in [0, 0.1) is 12.8 Å². The van der Waals surface area contributed by atoms with Crippen LogP contribution >= 0.6 is 0 Å².